The highest BCUT2D eigenvalue weighted by atomic mass is 127. The van der Waals surface area contributed by atoms with Gasteiger partial charge in [0.1, 0.15) is 12.7 Å². The molecule has 0 saturated carbocycles. The summed E-state index contributed by atoms with van der Waals surface area (Å²) in [6, 6.07) is 7.73. The van der Waals surface area contributed by atoms with E-state index in [9.17, 15) is 0 Å². The summed E-state index contributed by atoms with van der Waals surface area (Å²) in [5, 5.41) is 6.37. The number of para-hydroxylation sites is 2. The molecule has 0 saturated heterocycles. The summed E-state index contributed by atoms with van der Waals surface area (Å²) in [5.74, 6) is 2.49. The maximum Gasteiger partial charge on any atom is 0.191 e. The topological polar surface area (TPSA) is 54.9 Å². The zero-order valence-electron chi connectivity index (χ0n) is 9.89. The van der Waals surface area contributed by atoms with Crippen molar-refractivity contribution in [1.82, 2.24) is 10.6 Å². The fourth-order valence-electron chi connectivity index (χ4n) is 1.89. The number of fused-ring (bicyclic) bond motifs is 1. The monoisotopic (exact) mass is 361 g/mol. The van der Waals surface area contributed by atoms with Crippen LogP contribution in [-0.2, 0) is 0 Å². The van der Waals surface area contributed by atoms with Crippen LogP contribution >= 0.6 is 24.0 Å². The van der Waals surface area contributed by atoms with Gasteiger partial charge in [0.2, 0.25) is 0 Å². The van der Waals surface area contributed by atoms with E-state index in [1.807, 2.05) is 24.3 Å². The summed E-state index contributed by atoms with van der Waals surface area (Å²) in [7, 11) is 0. The van der Waals surface area contributed by atoms with E-state index in [4.69, 9.17) is 9.47 Å². The Morgan fingerprint density at radius 2 is 2.17 bits per heavy atom. The van der Waals surface area contributed by atoms with Gasteiger partial charge in [-0.15, -0.1) is 24.0 Å². The third-order valence-corrected chi connectivity index (χ3v) is 2.74. The molecule has 0 amide bonds. The second-order valence-electron chi connectivity index (χ2n) is 4.04. The molecule has 1 aromatic rings. The lowest BCUT2D eigenvalue weighted by Gasteiger charge is -2.26. The maximum absolute atomic E-state index is 5.82. The van der Waals surface area contributed by atoms with Gasteiger partial charge in [0.05, 0.1) is 13.1 Å². The van der Waals surface area contributed by atoms with Crippen LogP contribution in [0.3, 0.4) is 0 Å². The minimum Gasteiger partial charge on any atom is -0.486 e. The normalized spacial score (nSPS) is 20.4. The van der Waals surface area contributed by atoms with Crippen LogP contribution in [0.15, 0.2) is 29.3 Å². The van der Waals surface area contributed by atoms with E-state index in [0.29, 0.717) is 13.2 Å². The van der Waals surface area contributed by atoms with E-state index >= 15 is 0 Å². The zero-order chi connectivity index (χ0) is 11.5. The molecule has 18 heavy (non-hydrogen) atoms. The first-order valence-corrected chi connectivity index (χ1v) is 5.82. The largest absolute Gasteiger partial charge is 0.486 e. The fraction of sp³-hybridized carbons (Fsp3) is 0.417. The molecule has 5 nitrogen and oxygen atoms in total. The molecular weight excluding hydrogens is 345 g/mol. The quantitative estimate of drug-likeness (QED) is 0.772. The van der Waals surface area contributed by atoms with Crippen LogP contribution < -0.4 is 20.1 Å². The van der Waals surface area contributed by atoms with Crippen LogP contribution in [-0.4, -0.2) is 38.3 Å². The highest BCUT2D eigenvalue weighted by Gasteiger charge is 2.20. The number of guanidine groups is 1. The molecule has 0 bridgehead atoms. The summed E-state index contributed by atoms with van der Waals surface area (Å²) in [6.45, 7) is 3.01. The van der Waals surface area contributed by atoms with Crippen LogP contribution in [0.1, 0.15) is 0 Å². The molecule has 2 aliphatic rings. The molecular formula is C12H16IN3O2. The molecule has 98 valence electrons. The number of aliphatic imine (C=N–C) groups is 1. The molecule has 3 rings (SSSR count). The van der Waals surface area contributed by atoms with Gasteiger partial charge in [0.15, 0.2) is 17.5 Å². The van der Waals surface area contributed by atoms with Crippen molar-refractivity contribution in [3.05, 3.63) is 24.3 Å². The van der Waals surface area contributed by atoms with E-state index < -0.39 is 0 Å². The van der Waals surface area contributed by atoms with E-state index in [-0.39, 0.29) is 30.1 Å². The van der Waals surface area contributed by atoms with Gasteiger partial charge < -0.3 is 20.1 Å². The SMILES string of the molecule is I.c1ccc2c(c1)OCC(CNC1=NCCN1)O2. The predicted molar refractivity (Wildman–Crippen MR) is 80.1 cm³/mol. The first kappa shape index (κ1) is 13.3. The van der Waals surface area contributed by atoms with Gasteiger partial charge in [-0.1, -0.05) is 12.1 Å². The Kier molecular flexibility index (Phi) is 4.51. The molecule has 6 heteroatoms. The summed E-state index contributed by atoms with van der Waals surface area (Å²) in [4.78, 5) is 4.26. The Hall–Kier alpha value is -1.18. The second kappa shape index (κ2) is 6.12. The van der Waals surface area contributed by atoms with Crippen molar-refractivity contribution < 1.29 is 9.47 Å². The third-order valence-electron chi connectivity index (χ3n) is 2.74. The Labute approximate surface area is 123 Å². The van der Waals surface area contributed by atoms with Crippen molar-refractivity contribution >= 4 is 29.9 Å². The number of benzene rings is 1. The molecule has 1 atom stereocenters. The smallest absolute Gasteiger partial charge is 0.191 e. The lowest BCUT2D eigenvalue weighted by atomic mass is 10.2. The number of ether oxygens (including phenoxy) is 2. The van der Waals surface area contributed by atoms with Crippen LogP contribution in [0.5, 0.6) is 11.5 Å². The van der Waals surface area contributed by atoms with Crippen molar-refractivity contribution in [1.29, 1.82) is 0 Å². The van der Waals surface area contributed by atoms with Gasteiger partial charge >= 0.3 is 0 Å². The number of nitrogens with zero attached hydrogens (tertiary/aromatic N) is 1. The zero-order valence-corrected chi connectivity index (χ0v) is 12.2. The summed E-state index contributed by atoms with van der Waals surface area (Å²) in [5.41, 5.74) is 0. The molecule has 1 aromatic carbocycles. The fourth-order valence-corrected chi connectivity index (χ4v) is 1.89. The van der Waals surface area contributed by atoms with Crippen LogP contribution in [0.2, 0.25) is 0 Å². The minimum atomic E-state index is 0. The number of rotatable bonds is 2. The van der Waals surface area contributed by atoms with Crippen molar-refractivity contribution in [2.75, 3.05) is 26.2 Å². The Morgan fingerprint density at radius 3 is 2.94 bits per heavy atom. The number of hydrogen-bond acceptors (Lipinski definition) is 5. The van der Waals surface area contributed by atoms with Gasteiger partial charge in [-0.3, -0.25) is 4.99 Å². The van der Waals surface area contributed by atoms with Crippen molar-refractivity contribution in [2.45, 2.75) is 6.10 Å². The van der Waals surface area contributed by atoms with Gasteiger partial charge in [0.25, 0.3) is 0 Å². The molecule has 0 fully saturated rings. The van der Waals surface area contributed by atoms with Gasteiger partial charge in [0, 0.05) is 6.54 Å². The third kappa shape index (κ3) is 2.98. The van der Waals surface area contributed by atoms with E-state index in [1.54, 1.807) is 0 Å². The lowest BCUT2D eigenvalue weighted by Crippen LogP contribution is -2.43. The van der Waals surface area contributed by atoms with Crippen molar-refractivity contribution in [2.24, 2.45) is 4.99 Å². The molecule has 0 aliphatic carbocycles. The molecule has 2 heterocycles. The molecule has 2 aliphatic heterocycles. The summed E-state index contributed by atoms with van der Waals surface area (Å²) < 4.78 is 11.4. The predicted octanol–water partition coefficient (Wildman–Crippen LogP) is 0.993. The van der Waals surface area contributed by atoms with Gasteiger partial charge in [-0.25, -0.2) is 0 Å². The van der Waals surface area contributed by atoms with Crippen LogP contribution in [0.4, 0.5) is 0 Å². The molecule has 2 N–H and O–H groups in total. The minimum absolute atomic E-state index is 0. The first-order chi connectivity index (χ1) is 8.42. The maximum atomic E-state index is 5.82. The van der Waals surface area contributed by atoms with Crippen molar-refractivity contribution in [3.8, 4) is 11.5 Å². The highest BCUT2D eigenvalue weighted by Crippen LogP contribution is 2.30. The average molecular weight is 361 g/mol. The first-order valence-electron chi connectivity index (χ1n) is 5.82. The molecule has 0 spiro atoms. The van der Waals surface area contributed by atoms with Crippen LogP contribution in [0.25, 0.3) is 0 Å². The van der Waals surface area contributed by atoms with Gasteiger partial charge in [-0.2, -0.15) is 0 Å². The number of halogens is 1. The number of nitrogens with one attached hydrogen (secondary N) is 2. The van der Waals surface area contributed by atoms with E-state index in [2.05, 4.69) is 15.6 Å². The van der Waals surface area contributed by atoms with Crippen LogP contribution in [0, 0.1) is 0 Å². The number of hydrogen-bond donors (Lipinski definition) is 2. The van der Waals surface area contributed by atoms with Gasteiger partial charge in [-0.05, 0) is 12.1 Å². The highest BCUT2D eigenvalue weighted by molar-refractivity contribution is 14.0. The molecule has 0 radical (unpaired) electrons. The second-order valence-corrected chi connectivity index (χ2v) is 4.04. The van der Waals surface area contributed by atoms with E-state index in [1.165, 1.54) is 0 Å². The van der Waals surface area contributed by atoms with E-state index in [0.717, 1.165) is 30.5 Å². The standard InChI is InChI=1S/C12H15N3O2.HI/c1-2-4-11-10(3-1)16-8-9(17-11)7-15-12-13-5-6-14-12;/h1-4,9H,5-8H2,(H2,13,14,15);1H. The molecule has 0 aromatic heterocycles. The lowest BCUT2D eigenvalue weighted by molar-refractivity contribution is 0.0936. The summed E-state index contributed by atoms with van der Waals surface area (Å²) in [6.07, 6.45) is 0.0231. The summed E-state index contributed by atoms with van der Waals surface area (Å²) >= 11 is 0. The Bertz CT molecular complexity index is 439. The Morgan fingerprint density at radius 1 is 1.33 bits per heavy atom. The Balaban J connectivity index is 0.00000120. The molecule has 1 unspecified atom stereocenters. The van der Waals surface area contributed by atoms with Crippen molar-refractivity contribution in [3.63, 3.8) is 0 Å². The average Bonchev–Trinajstić information content (AvgIpc) is 2.89.